The van der Waals surface area contributed by atoms with Crippen LogP contribution in [0, 0.1) is 17.0 Å². The molecule has 0 aliphatic carbocycles. The molecule has 0 unspecified atom stereocenters. The molecule has 1 N–H and O–H groups in total. The summed E-state index contributed by atoms with van der Waals surface area (Å²) in [7, 11) is 1.24. The summed E-state index contributed by atoms with van der Waals surface area (Å²) in [5, 5.41) is 13.5. The van der Waals surface area contributed by atoms with E-state index in [1.54, 1.807) is 19.1 Å². The average Bonchev–Trinajstić information content (AvgIpc) is 2.54. The van der Waals surface area contributed by atoms with Crippen LogP contribution in [0.5, 0.6) is 0 Å². The molecule has 0 fully saturated rings. The molecule has 0 radical (unpaired) electrons. The van der Waals surface area contributed by atoms with Gasteiger partial charge in [-0.3, -0.25) is 14.9 Å². The number of esters is 1. The van der Waals surface area contributed by atoms with Gasteiger partial charge in [-0.25, -0.2) is 4.79 Å². The number of ether oxygens (including phenoxy) is 1. The number of nitrogens with one attached hydrogen (secondary N) is 1. The van der Waals surface area contributed by atoms with Crippen LogP contribution >= 0.6 is 0 Å². The molecule has 7 nitrogen and oxygen atoms in total. The van der Waals surface area contributed by atoms with Gasteiger partial charge in [-0.05, 0) is 24.6 Å². The highest BCUT2D eigenvalue weighted by Crippen LogP contribution is 2.23. The highest BCUT2D eigenvalue weighted by molar-refractivity contribution is 6.10. The number of aryl methyl sites for hydroxylation is 1. The molecule has 2 aromatic carbocycles. The molecular formula is C16H14N2O5. The SMILES string of the molecule is COC(=O)c1c(C)cccc1NC(=O)c1ccccc1[N+](=O)[O-]. The van der Waals surface area contributed by atoms with Crippen LogP contribution in [0.25, 0.3) is 0 Å². The zero-order valence-electron chi connectivity index (χ0n) is 12.5. The number of anilines is 1. The Morgan fingerprint density at radius 2 is 1.83 bits per heavy atom. The standard InChI is InChI=1S/C16H14N2O5/c1-10-6-5-8-12(14(10)16(20)23-2)17-15(19)11-7-3-4-9-13(11)18(21)22/h3-9H,1-2H3,(H,17,19). The van der Waals surface area contributed by atoms with Gasteiger partial charge in [-0.2, -0.15) is 0 Å². The van der Waals surface area contributed by atoms with Crippen LogP contribution in [0.4, 0.5) is 11.4 Å². The molecular weight excluding hydrogens is 300 g/mol. The minimum absolute atomic E-state index is 0.0881. The smallest absolute Gasteiger partial charge is 0.340 e. The van der Waals surface area contributed by atoms with E-state index in [2.05, 4.69) is 5.32 Å². The topological polar surface area (TPSA) is 98.5 Å². The monoisotopic (exact) mass is 314 g/mol. The van der Waals surface area contributed by atoms with E-state index in [0.717, 1.165) is 0 Å². The fraction of sp³-hybridized carbons (Fsp3) is 0.125. The molecule has 0 saturated heterocycles. The first kappa shape index (κ1) is 16.2. The van der Waals surface area contributed by atoms with Gasteiger partial charge < -0.3 is 10.1 Å². The summed E-state index contributed by atoms with van der Waals surface area (Å²) in [5.74, 6) is -1.27. The summed E-state index contributed by atoms with van der Waals surface area (Å²) in [6.07, 6.45) is 0. The van der Waals surface area contributed by atoms with Crippen LogP contribution in [-0.4, -0.2) is 23.9 Å². The molecule has 23 heavy (non-hydrogen) atoms. The summed E-state index contributed by atoms with van der Waals surface area (Å²) in [5.41, 5.74) is 0.672. The Kier molecular flexibility index (Phi) is 4.70. The molecule has 0 spiro atoms. The number of hydrogen-bond acceptors (Lipinski definition) is 5. The van der Waals surface area contributed by atoms with E-state index in [4.69, 9.17) is 4.74 Å². The molecule has 0 atom stereocenters. The lowest BCUT2D eigenvalue weighted by Crippen LogP contribution is -2.17. The zero-order chi connectivity index (χ0) is 17.0. The van der Waals surface area contributed by atoms with Gasteiger partial charge in [0, 0.05) is 6.07 Å². The van der Waals surface area contributed by atoms with Gasteiger partial charge in [0.15, 0.2) is 0 Å². The Balaban J connectivity index is 2.41. The quantitative estimate of drug-likeness (QED) is 0.531. The van der Waals surface area contributed by atoms with Crippen molar-refractivity contribution in [3.05, 3.63) is 69.3 Å². The molecule has 7 heteroatoms. The van der Waals surface area contributed by atoms with Crippen molar-refractivity contribution < 1.29 is 19.2 Å². The van der Waals surface area contributed by atoms with Gasteiger partial charge in [0.05, 0.1) is 23.3 Å². The number of hydrogen-bond donors (Lipinski definition) is 1. The van der Waals surface area contributed by atoms with Crippen LogP contribution in [0.3, 0.4) is 0 Å². The van der Waals surface area contributed by atoms with Gasteiger partial charge in [-0.15, -0.1) is 0 Å². The predicted octanol–water partition coefficient (Wildman–Crippen LogP) is 2.94. The summed E-state index contributed by atoms with van der Waals surface area (Å²) in [6.45, 7) is 1.70. The Labute approximate surface area is 132 Å². The molecule has 0 aromatic heterocycles. The third kappa shape index (κ3) is 3.34. The van der Waals surface area contributed by atoms with Crippen molar-refractivity contribution in [2.75, 3.05) is 12.4 Å². The number of nitro groups is 1. The highest BCUT2D eigenvalue weighted by Gasteiger charge is 2.22. The molecule has 0 bridgehead atoms. The molecule has 2 aromatic rings. The van der Waals surface area contributed by atoms with Gasteiger partial charge >= 0.3 is 5.97 Å². The first-order chi connectivity index (χ1) is 11.0. The lowest BCUT2D eigenvalue weighted by Gasteiger charge is -2.12. The van der Waals surface area contributed by atoms with Gasteiger partial charge in [0.1, 0.15) is 5.56 Å². The van der Waals surface area contributed by atoms with Crippen LogP contribution in [0.2, 0.25) is 0 Å². The predicted molar refractivity (Wildman–Crippen MR) is 83.6 cm³/mol. The summed E-state index contributed by atoms with van der Waals surface area (Å²) < 4.78 is 4.71. The maximum absolute atomic E-state index is 12.3. The first-order valence-corrected chi connectivity index (χ1v) is 6.68. The van der Waals surface area contributed by atoms with Crippen LogP contribution in [0.15, 0.2) is 42.5 Å². The van der Waals surface area contributed by atoms with Crippen molar-refractivity contribution >= 4 is 23.3 Å². The fourth-order valence-electron chi connectivity index (χ4n) is 2.16. The van der Waals surface area contributed by atoms with E-state index >= 15 is 0 Å². The highest BCUT2D eigenvalue weighted by atomic mass is 16.6. The number of amides is 1. The average molecular weight is 314 g/mol. The van der Waals surface area contributed by atoms with E-state index in [0.29, 0.717) is 5.56 Å². The van der Waals surface area contributed by atoms with Gasteiger partial charge in [0.2, 0.25) is 0 Å². The van der Waals surface area contributed by atoms with Gasteiger partial charge in [0.25, 0.3) is 11.6 Å². The normalized spacial score (nSPS) is 10.0. The summed E-state index contributed by atoms with van der Waals surface area (Å²) >= 11 is 0. The maximum atomic E-state index is 12.3. The van der Waals surface area contributed by atoms with E-state index in [1.807, 2.05) is 0 Å². The third-order valence-corrected chi connectivity index (χ3v) is 3.26. The lowest BCUT2D eigenvalue weighted by molar-refractivity contribution is -0.385. The number of methoxy groups -OCH3 is 1. The fourth-order valence-corrected chi connectivity index (χ4v) is 2.16. The minimum atomic E-state index is -0.673. The largest absolute Gasteiger partial charge is 0.465 e. The van der Waals surface area contributed by atoms with Gasteiger partial charge in [-0.1, -0.05) is 24.3 Å². The van der Waals surface area contributed by atoms with Crippen LogP contribution < -0.4 is 5.32 Å². The third-order valence-electron chi connectivity index (χ3n) is 3.26. The Morgan fingerprint density at radius 3 is 2.48 bits per heavy atom. The van der Waals surface area contributed by atoms with E-state index in [9.17, 15) is 19.7 Å². The van der Waals surface area contributed by atoms with Crippen molar-refractivity contribution in [1.82, 2.24) is 0 Å². The molecule has 2 rings (SSSR count). The molecule has 118 valence electrons. The van der Waals surface area contributed by atoms with Crippen molar-refractivity contribution in [2.24, 2.45) is 0 Å². The number of rotatable bonds is 4. The second-order valence-corrected chi connectivity index (χ2v) is 4.72. The number of para-hydroxylation sites is 1. The van der Waals surface area contributed by atoms with E-state index in [1.165, 1.54) is 37.4 Å². The number of nitro benzene ring substituents is 1. The number of carbonyl (C=O) groups is 2. The minimum Gasteiger partial charge on any atom is -0.465 e. The Bertz CT molecular complexity index is 786. The molecule has 1 amide bonds. The second-order valence-electron chi connectivity index (χ2n) is 4.72. The van der Waals surface area contributed by atoms with Crippen molar-refractivity contribution in [1.29, 1.82) is 0 Å². The van der Waals surface area contributed by atoms with Crippen molar-refractivity contribution in [3.8, 4) is 0 Å². The van der Waals surface area contributed by atoms with Crippen LogP contribution in [-0.2, 0) is 4.74 Å². The molecule has 0 heterocycles. The number of nitrogens with zero attached hydrogens (tertiary/aromatic N) is 1. The second kappa shape index (κ2) is 6.69. The van der Waals surface area contributed by atoms with E-state index in [-0.39, 0.29) is 22.5 Å². The van der Waals surface area contributed by atoms with Crippen LogP contribution in [0.1, 0.15) is 26.3 Å². The Morgan fingerprint density at radius 1 is 1.13 bits per heavy atom. The van der Waals surface area contributed by atoms with Crippen molar-refractivity contribution in [2.45, 2.75) is 6.92 Å². The van der Waals surface area contributed by atoms with E-state index < -0.39 is 16.8 Å². The van der Waals surface area contributed by atoms with Crippen molar-refractivity contribution in [3.63, 3.8) is 0 Å². The zero-order valence-corrected chi connectivity index (χ0v) is 12.5. The molecule has 0 saturated carbocycles. The molecule has 0 aliphatic rings. The summed E-state index contributed by atoms with van der Waals surface area (Å²) in [6, 6.07) is 10.5. The first-order valence-electron chi connectivity index (χ1n) is 6.68. The number of benzene rings is 2. The summed E-state index contributed by atoms with van der Waals surface area (Å²) in [4.78, 5) is 34.6. The molecule has 0 aliphatic heterocycles. The number of carbonyl (C=O) groups excluding carboxylic acids is 2. The maximum Gasteiger partial charge on any atom is 0.340 e. The lowest BCUT2D eigenvalue weighted by atomic mass is 10.1. The Hall–Kier alpha value is -3.22.